The lowest BCUT2D eigenvalue weighted by molar-refractivity contribution is -0.137. The van der Waals surface area contributed by atoms with Crippen molar-refractivity contribution in [3.05, 3.63) is 107 Å². The molecule has 2 N–H and O–H groups in total. The van der Waals surface area contributed by atoms with Crippen molar-refractivity contribution in [3.8, 4) is 0 Å². The molecule has 3 aromatic carbocycles. The van der Waals surface area contributed by atoms with E-state index >= 15 is 0 Å². The third kappa shape index (κ3) is 5.42. The fraction of sp³-hybridized carbons (Fsp3) is 0.0909. The molecule has 1 amide bonds. The average molecular weight is 414 g/mol. The van der Waals surface area contributed by atoms with E-state index in [2.05, 4.69) is 10.6 Å². The number of benzene rings is 3. The monoisotopic (exact) mass is 414 g/mol. The molecule has 3 aromatic rings. The Labute approximate surface area is 171 Å². The van der Waals surface area contributed by atoms with Gasteiger partial charge in [0.25, 0.3) is 5.91 Å². The maximum Gasteiger partial charge on any atom is 0.416 e. The molecule has 0 saturated carbocycles. The van der Waals surface area contributed by atoms with Crippen molar-refractivity contribution in [2.75, 3.05) is 0 Å². The molecule has 0 aromatic heterocycles. The van der Waals surface area contributed by atoms with Gasteiger partial charge in [0, 0.05) is 5.56 Å². The maximum atomic E-state index is 12.9. The van der Waals surface area contributed by atoms with E-state index in [-0.39, 0.29) is 11.0 Å². The van der Waals surface area contributed by atoms with Gasteiger partial charge in [-0.25, -0.2) is 0 Å². The zero-order valence-electron chi connectivity index (χ0n) is 15.1. The number of carbonyl (C=O) groups excluding carboxylic acids is 1. The van der Waals surface area contributed by atoms with Crippen molar-refractivity contribution < 1.29 is 18.0 Å². The summed E-state index contributed by atoms with van der Waals surface area (Å²) in [6.45, 7) is 0. The van der Waals surface area contributed by atoms with E-state index in [1.54, 1.807) is 30.3 Å². The molecule has 3 rings (SSSR count). The Morgan fingerprint density at radius 3 is 1.86 bits per heavy atom. The first-order chi connectivity index (χ1) is 13.8. The van der Waals surface area contributed by atoms with Gasteiger partial charge in [-0.05, 0) is 47.6 Å². The van der Waals surface area contributed by atoms with Crippen LogP contribution in [-0.2, 0) is 6.18 Å². The lowest BCUT2D eigenvalue weighted by atomic mass is 9.98. The Hall–Kier alpha value is -3.19. The van der Waals surface area contributed by atoms with Crippen LogP contribution >= 0.6 is 12.2 Å². The van der Waals surface area contributed by atoms with E-state index in [0.717, 1.165) is 17.7 Å². The van der Waals surface area contributed by atoms with Crippen LogP contribution in [0.15, 0.2) is 84.9 Å². The molecular weight excluding hydrogens is 397 g/mol. The van der Waals surface area contributed by atoms with Crippen molar-refractivity contribution in [2.24, 2.45) is 0 Å². The zero-order valence-corrected chi connectivity index (χ0v) is 15.9. The smallest absolute Gasteiger partial charge is 0.351 e. The molecule has 148 valence electrons. The molecule has 0 unspecified atom stereocenters. The molecule has 0 saturated heterocycles. The van der Waals surface area contributed by atoms with Gasteiger partial charge in [-0.1, -0.05) is 60.7 Å². The summed E-state index contributed by atoms with van der Waals surface area (Å²) in [5, 5.41) is 5.71. The highest BCUT2D eigenvalue weighted by molar-refractivity contribution is 7.80. The fourth-order valence-corrected chi connectivity index (χ4v) is 3.01. The first kappa shape index (κ1) is 20.5. The molecule has 0 aliphatic carbocycles. The van der Waals surface area contributed by atoms with E-state index in [0.29, 0.717) is 11.1 Å². The molecular formula is C22H17F3N2OS. The second kappa shape index (κ2) is 8.87. The summed E-state index contributed by atoms with van der Waals surface area (Å²) in [5.41, 5.74) is 1.10. The number of hydrogen-bond donors (Lipinski definition) is 2. The van der Waals surface area contributed by atoms with Crippen molar-refractivity contribution in [3.63, 3.8) is 0 Å². The summed E-state index contributed by atoms with van der Waals surface area (Å²) in [6, 6.07) is 22.0. The van der Waals surface area contributed by atoms with Gasteiger partial charge in [-0.2, -0.15) is 13.2 Å². The third-order valence-corrected chi connectivity index (χ3v) is 4.46. The zero-order chi connectivity index (χ0) is 20.9. The predicted octanol–water partition coefficient (Wildman–Crippen LogP) is 5.10. The Bertz CT molecular complexity index is 974. The minimum atomic E-state index is -4.41. The summed E-state index contributed by atoms with van der Waals surface area (Å²) < 4.78 is 38.6. The van der Waals surface area contributed by atoms with Gasteiger partial charge in [0.15, 0.2) is 5.11 Å². The van der Waals surface area contributed by atoms with E-state index in [1.807, 2.05) is 30.3 Å². The van der Waals surface area contributed by atoms with E-state index in [9.17, 15) is 18.0 Å². The molecule has 0 heterocycles. The number of halogens is 3. The number of rotatable bonds is 4. The van der Waals surface area contributed by atoms with Gasteiger partial charge in [0.2, 0.25) is 0 Å². The highest BCUT2D eigenvalue weighted by Crippen LogP contribution is 2.31. The van der Waals surface area contributed by atoms with Crippen LogP contribution in [0.25, 0.3) is 0 Å². The molecule has 0 bridgehead atoms. The molecule has 7 heteroatoms. The molecule has 0 radical (unpaired) electrons. The molecule has 29 heavy (non-hydrogen) atoms. The average Bonchev–Trinajstić information content (AvgIpc) is 2.73. The Kier molecular flexibility index (Phi) is 6.29. The maximum absolute atomic E-state index is 12.9. The normalized spacial score (nSPS) is 12.1. The molecule has 0 spiro atoms. The highest BCUT2D eigenvalue weighted by Gasteiger charge is 2.30. The molecule has 0 aliphatic rings. The second-order valence-electron chi connectivity index (χ2n) is 6.26. The van der Waals surface area contributed by atoms with Crippen molar-refractivity contribution in [1.82, 2.24) is 10.6 Å². The van der Waals surface area contributed by atoms with Gasteiger partial charge >= 0.3 is 6.18 Å². The van der Waals surface area contributed by atoms with Crippen LogP contribution in [0, 0.1) is 0 Å². The quantitative estimate of drug-likeness (QED) is 0.584. The Morgan fingerprint density at radius 2 is 1.31 bits per heavy atom. The van der Waals surface area contributed by atoms with E-state index in [4.69, 9.17) is 12.2 Å². The van der Waals surface area contributed by atoms with Crippen molar-refractivity contribution in [1.29, 1.82) is 0 Å². The third-order valence-electron chi connectivity index (χ3n) is 4.24. The van der Waals surface area contributed by atoms with Gasteiger partial charge in [0.05, 0.1) is 11.6 Å². The number of nitrogens with one attached hydrogen (secondary N) is 2. The van der Waals surface area contributed by atoms with Gasteiger partial charge in [0.1, 0.15) is 0 Å². The van der Waals surface area contributed by atoms with E-state index in [1.165, 1.54) is 12.1 Å². The van der Waals surface area contributed by atoms with Crippen LogP contribution in [0.4, 0.5) is 13.2 Å². The number of thiocarbonyl (C=S) groups is 1. The first-order valence-electron chi connectivity index (χ1n) is 8.73. The SMILES string of the molecule is O=C(NC(=S)N[C@@H](c1ccccc1)c1ccc(C(F)(F)F)cc1)c1ccccc1. The van der Waals surface area contributed by atoms with Gasteiger partial charge in [-0.15, -0.1) is 0 Å². The second-order valence-corrected chi connectivity index (χ2v) is 6.67. The van der Waals surface area contributed by atoms with Crippen molar-refractivity contribution >= 4 is 23.2 Å². The van der Waals surface area contributed by atoms with Crippen LogP contribution in [0.3, 0.4) is 0 Å². The summed E-state index contributed by atoms with van der Waals surface area (Å²) in [6.07, 6.45) is -4.41. The van der Waals surface area contributed by atoms with Crippen LogP contribution in [-0.4, -0.2) is 11.0 Å². The number of carbonyl (C=O) groups is 1. The van der Waals surface area contributed by atoms with Crippen LogP contribution < -0.4 is 10.6 Å². The van der Waals surface area contributed by atoms with Crippen LogP contribution in [0.1, 0.15) is 33.1 Å². The molecule has 0 fully saturated rings. The summed E-state index contributed by atoms with van der Waals surface area (Å²) in [5.74, 6) is -0.373. The lowest BCUT2D eigenvalue weighted by Crippen LogP contribution is -2.41. The van der Waals surface area contributed by atoms with E-state index < -0.39 is 17.8 Å². The summed E-state index contributed by atoms with van der Waals surface area (Å²) >= 11 is 5.27. The molecule has 3 nitrogen and oxygen atoms in total. The fourth-order valence-electron chi connectivity index (χ4n) is 2.80. The minimum Gasteiger partial charge on any atom is -0.351 e. The topological polar surface area (TPSA) is 41.1 Å². The number of hydrogen-bond acceptors (Lipinski definition) is 2. The van der Waals surface area contributed by atoms with Crippen molar-refractivity contribution in [2.45, 2.75) is 12.2 Å². The predicted molar refractivity (Wildman–Crippen MR) is 109 cm³/mol. The molecule has 1 atom stereocenters. The number of amides is 1. The minimum absolute atomic E-state index is 0.0765. The first-order valence-corrected chi connectivity index (χ1v) is 9.14. The summed E-state index contributed by atoms with van der Waals surface area (Å²) in [4.78, 5) is 12.3. The molecule has 0 aliphatic heterocycles. The summed E-state index contributed by atoms with van der Waals surface area (Å²) in [7, 11) is 0. The Morgan fingerprint density at radius 1 is 0.793 bits per heavy atom. The van der Waals surface area contributed by atoms with Crippen LogP contribution in [0.2, 0.25) is 0 Å². The largest absolute Gasteiger partial charge is 0.416 e. The van der Waals surface area contributed by atoms with Gasteiger partial charge < -0.3 is 5.32 Å². The lowest BCUT2D eigenvalue weighted by Gasteiger charge is -2.22. The Balaban J connectivity index is 1.81. The standard InChI is InChI=1S/C22H17F3N2OS/c23-22(24,25)18-13-11-16(12-14-18)19(15-7-3-1-4-8-15)26-21(29)27-20(28)17-9-5-2-6-10-17/h1-14,19H,(H2,26,27,28,29)/t19-/m0/s1. The van der Waals surface area contributed by atoms with Gasteiger partial charge in [-0.3, -0.25) is 10.1 Å². The number of alkyl halides is 3. The highest BCUT2D eigenvalue weighted by atomic mass is 32.1. The van der Waals surface area contributed by atoms with Crippen LogP contribution in [0.5, 0.6) is 0 Å².